The number of carbonyl (C=O) groups is 2. The van der Waals surface area contributed by atoms with Crippen molar-refractivity contribution in [2.24, 2.45) is 0 Å². The summed E-state index contributed by atoms with van der Waals surface area (Å²) in [5.41, 5.74) is -0.570. The summed E-state index contributed by atoms with van der Waals surface area (Å²) >= 11 is 6.77. The van der Waals surface area contributed by atoms with E-state index in [-0.39, 0.29) is 17.8 Å². The van der Waals surface area contributed by atoms with E-state index >= 15 is 0 Å². The number of hydrogen-bond acceptors (Lipinski definition) is 5. The van der Waals surface area contributed by atoms with Gasteiger partial charge < -0.3 is 15.2 Å². The lowest BCUT2D eigenvalue weighted by Crippen LogP contribution is -2.35. The summed E-state index contributed by atoms with van der Waals surface area (Å²) in [6, 6.07) is 0.315. The summed E-state index contributed by atoms with van der Waals surface area (Å²) < 4.78 is 41.3. The van der Waals surface area contributed by atoms with Crippen molar-refractivity contribution in [3.8, 4) is 0 Å². The molecule has 2 N–H and O–H groups in total. The van der Waals surface area contributed by atoms with Gasteiger partial charge in [-0.05, 0) is 38.7 Å². The Hall–Kier alpha value is -2.79. The number of pyridine rings is 1. The van der Waals surface area contributed by atoms with E-state index in [2.05, 4.69) is 20.6 Å². The lowest BCUT2D eigenvalue weighted by molar-refractivity contribution is -0.137. The minimum atomic E-state index is -4.67. The van der Waals surface area contributed by atoms with Gasteiger partial charge in [0.1, 0.15) is 17.3 Å². The molecule has 186 valence electrons. The van der Waals surface area contributed by atoms with Crippen LogP contribution >= 0.6 is 23.4 Å². The molecule has 0 aromatic carbocycles. The summed E-state index contributed by atoms with van der Waals surface area (Å²) in [6.07, 6.45) is 5.54. The number of imidazole rings is 1. The lowest BCUT2D eigenvalue weighted by Gasteiger charge is -2.20. The molecule has 4 heterocycles. The average Bonchev–Trinajstić information content (AvgIpc) is 3.08. The van der Waals surface area contributed by atoms with Gasteiger partial charge in [-0.2, -0.15) is 13.2 Å². The van der Waals surface area contributed by atoms with E-state index in [0.717, 1.165) is 42.7 Å². The predicted molar refractivity (Wildman–Crippen MR) is 128 cm³/mol. The minimum Gasteiger partial charge on any atom is -0.344 e. The fourth-order valence-electron chi connectivity index (χ4n) is 3.90. The predicted octanol–water partition coefficient (Wildman–Crippen LogP) is 5.34. The molecule has 0 bridgehead atoms. The van der Waals surface area contributed by atoms with E-state index in [0.29, 0.717) is 29.5 Å². The van der Waals surface area contributed by atoms with Crippen molar-refractivity contribution in [2.75, 3.05) is 5.32 Å². The molecule has 0 saturated carbocycles. The van der Waals surface area contributed by atoms with E-state index in [1.165, 1.54) is 11.8 Å². The number of rotatable bonds is 5. The first-order valence-electron chi connectivity index (χ1n) is 11.1. The van der Waals surface area contributed by atoms with Gasteiger partial charge in [-0.15, -0.1) is 0 Å². The Labute approximate surface area is 209 Å². The zero-order valence-corrected chi connectivity index (χ0v) is 20.4. The first-order chi connectivity index (χ1) is 16.6. The number of nitrogens with one attached hydrogen (secondary N) is 2. The average molecular weight is 526 g/mol. The standard InChI is InChI=1S/C23H23ClF3N5O2S/c1-13(30-21(33)16-12-29-20-8-4-5-9-32(16)20)17-6-2-3-7-18(35-17)22(34)31-19-10-14(23(25,26)27)15(24)11-28-19/h6-7,10-13H,2-5,8-9H2,1H3,(H,30,33)(H,28,31,34)/t13-/m1/s1. The van der Waals surface area contributed by atoms with Gasteiger partial charge in [-0.25, -0.2) is 9.97 Å². The number of fused-ring (bicyclic) bond motifs is 1. The van der Waals surface area contributed by atoms with E-state index in [9.17, 15) is 22.8 Å². The quantitative estimate of drug-likeness (QED) is 0.550. The van der Waals surface area contributed by atoms with Gasteiger partial charge in [-0.3, -0.25) is 9.59 Å². The van der Waals surface area contributed by atoms with Crippen LogP contribution in [0.1, 0.15) is 54.5 Å². The van der Waals surface area contributed by atoms with Crippen LogP contribution in [0.3, 0.4) is 0 Å². The number of nitrogens with zero attached hydrogens (tertiary/aromatic N) is 3. The van der Waals surface area contributed by atoms with Crippen LogP contribution in [0.2, 0.25) is 5.02 Å². The highest BCUT2D eigenvalue weighted by Gasteiger charge is 2.34. The largest absolute Gasteiger partial charge is 0.418 e. The zero-order valence-electron chi connectivity index (χ0n) is 18.8. The fourth-order valence-corrected chi connectivity index (χ4v) is 5.14. The summed E-state index contributed by atoms with van der Waals surface area (Å²) in [7, 11) is 0. The van der Waals surface area contributed by atoms with Crippen LogP contribution in [-0.4, -0.2) is 32.4 Å². The van der Waals surface area contributed by atoms with Gasteiger partial charge in [0.05, 0.1) is 27.7 Å². The Balaban J connectivity index is 1.42. The number of anilines is 1. The zero-order chi connectivity index (χ0) is 25.2. The monoisotopic (exact) mass is 525 g/mol. The molecule has 1 atom stereocenters. The second kappa shape index (κ2) is 10.4. The van der Waals surface area contributed by atoms with Gasteiger partial charge >= 0.3 is 6.18 Å². The number of carbonyl (C=O) groups excluding carboxylic acids is 2. The molecule has 0 saturated heterocycles. The number of allylic oxidation sites excluding steroid dienone is 2. The van der Waals surface area contributed by atoms with Gasteiger partial charge in [0.15, 0.2) is 0 Å². The summed E-state index contributed by atoms with van der Waals surface area (Å²) in [5.74, 6) is -0.184. The molecule has 12 heteroatoms. The number of aryl methyl sites for hydroxylation is 1. The highest BCUT2D eigenvalue weighted by Crippen LogP contribution is 2.36. The van der Waals surface area contributed by atoms with Crippen molar-refractivity contribution in [3.05, 3.63) is 62.5 Å². The Morgan fingerprint density at radius 3 is 2.69 bits per heavy atom. The van der Waals surface area contributed by atoms with Crippen molar-refractivity contribution in [1.29, 1.82) is 0 Å². The first-order valence-corrected chi connectivity index (χ1v) is 12.3. The number of aromatic nitrogens is 3. The molecule has 2 aromatic heterocycles. The van der Waals surface area contributed by atoms with Crippen molar-refractivity contribution in [1.82, 2.24) is 19.9 Å². The third kappa shape index (κ3) is 5.90. The fraction of sp³-hybridized carbons (Fsp3) is 0.391. The lowest BCUT2D eigenvalue weighted by atomic mass is 10.1. The molecule has 35 heavy (non-hydrogen) atoms. The molecule has 4 rings (SSSR count). The van der Waals surface area contributed by atoms with Gasteiger partial charge in [0.2, 0.25) is 0 Å². The summed E-state index contributed by atoms with van der Waals surface area (Å²) in [4.78, 5) is 34.9. The molecule has 0 spiro atoms. The molecular formula is C23H23ClF3N5O2S. The maximum atomic E-state index is 13.1. The molecular weight excluding hydrogens is 503 g/mol. The highest BCUT2D eigenvalue weighted by atomic mass is 35.5. The topological polar surface area (TPSA) is 88.9 Å². The van der Waals surface area contributed by atoms with Crippen LogP contribution in [0, 0.1) is 0 Å². The number of alkyl halides is 3. The van der Waals surface area contributed by atoms with Crippen LogP contribution in [0.4, 0.5) is 19.0 Å². The normalized spacial score (nSPS) is 16.9. The van der Waals surface area contributed by atoms with Gasteiger partial charge in [-0.1, -0.05) is 35.5 Å². The molecule has 2 aliphatic heterocycles. The van der Waals surface area contributed by atoms with E-state index in [4.69, 9.17) is 11.6 Å². The Morgan fingerprint density at radius 1 is 1.14 bits per heavy atom. The third-order valence-corrected chi connectivity index (χ3v) is 7.30. The molecule has 0 radical (unpaired) electrons. The van der Waals surface area contributed by atoms with Gasteiger partial charge in [0.25, 0.3) is 11.8 Å². The van der Waals surface area contributed by atoms with Crippen molar-refractivity contribution < 1.29 is 22.8 Å². The number of hydrogen-bond donors (Lipinski definition) is 2. The van der Waals surface area contributed by atoms with E-state index in [1.54, 1.807) is 12.3 Å². The van der Waals surface area contributed by atoms with E-state index < -0.39 is 22.7 Å². The van der Waals surface area contributed by atoms with E-state index in [1.807, 2.05) is 17.6 Å². The number of amides is 2. The van der Waals surface area contributed by atoms with Crippen molar-refractivity contribution in [3.63, 3.8) is 0 Å². The van der Waals surface area contributed by atoms with Crippen LogP contribution in [0.5, 0.6) is 0 Å². The Kier molecular flexibility index (Phi) is 7.56. The molecule has 7 nitrogen and oxygen atoms in total. The SMILES string of the molecule is C[C@@H](NC(=O)c1cnc2n1CCCC2)C1=CCCC=C(C(=O)Nc2cc(C(F)(F)F)c(Cl)cn2)S1. The minimum absolute atomic E-state index is 0.246. The Bertz CT molecular complexity index is 1210. The second-order valence-electron chi connectivity index (χ2n) is 8.22. The summed E-state index contributed by atoms with van der Waals surface area (Å²) in [5, 5.41) is 4.83. The molecule has 0 fully saturated rings. The molecule has 2 aliphatic rings. The van der Waals surface area contributed by atoms with Crippen LogP contribution in [0.25, 0.3) is 0 Å². The Morgan fingerprint density at radius 2 is 1.91 bits per heavy atom. The van der Waals surface area contributed by atoms with Gasteiger partial charge in [0, 0.05) is 24.1 Å². The molecule has 2 amide bonds. The third-order valence-electron chi connectivity index (χ3n) is 5.67. The highest BCUT2D eigenvalue weighted by molar-refractivity contribution is 8.07. The molecule has 2 aromatic rings. The van der Waals surface area contributed by atoms with Crippen LogP contribution in [0.15, 0.2) is 40.4 Å². The maximum absolute atomic E-state index is 13.1. The van der Waals surface area contributed by atoms with Crippen molar-refractivity contribution >= 4 is 41.0 Å². The molecule has 0 unspecified atom stereocenters. The second-order valence-corrected chi connectivity index (χ2v) is 9.74. The van der Waals surface area contributed by atoms with Crippen molar-refractivity contribution in [2.45, 2.75) is 57.8 Å². The number of thioether (sulfide) groups is 1. The maximum Gasteiger partial charge on any atom is 0.418 e. The van der Waals surface area contributed by atoms with Crippen LogP contribution < -0.4 is 10.6 Å². The number of halogens is 4. The smallest absolute Gasteiger partial charge is 0.344 e. The molecule has 0 aliphatic carbocycles. The summed E-state index contributed by atoms with van der Waals surface area (Å²) in [6.45, 7) is 2.58. The van der Waals surface area contributed by atoms with Crippen LogP contribution in [-0.2, 0) is 23.9 Å². The first kappa shape index (κ1) is 25.3.